The zero-order valence-corrected chi connectivity index (χ0v) is 11.4. The number of nitrogens with one attached hydrogen (secondary N) is 2. The molecule has 4 nitrogen and oxygen atoms in total. The Balaban J connectivity index is 1.85. The molecule has 0 saturated heterocycles. The highest BCUT2D eigenvalue weighted by Gasteiger charge is 2.22. The van der Waals surface area contributed by atoms with Crippen molar-refractivity contribution in [2.45, 2.75) is 25.7 Å². The lowest BCUT2D eigenvalue weighted by atomic mass is 10.2. The van der Waals surface area contributed by atoms with Gasteiger partial charge in [-0.15, -0.1) is 0 Å². The fraction of sp³-hybridized carbons (Fsp3) is 0.533. The number of carbonyl (C=O) groups is 1. The molecule has 1 saturated carbocycles. The first-order chi connectivity index (χ1) is 9.29. The Kier molecular flexibility index (Phi) is 5.21. The van der Waals surface area contributed by atoms with Gasteiger partial charge < -0.3 is 15.4 Å². The van der Waals surface area contributed by atoms with Gasteiger partial charge in [0.1, 0.15) is 5.75 Å². The second kappa shape index (κ2) is 7.14. The molecule has 104 valence electrons. The van der Waals surface area contributed by atoms with E-state index < -0.39 is 0 Å². The molecule has 0 bridgehead atoms. The molecule has 2 rings (SSSR count). The molecule has 0 atom stereocenters. The van der Waals surface area contributed by atoms with E-state index in [1.807, 2.05) is 31.3 Å². The maximum atomic E-state index is 11.8. The Morgan fingerprint density at radius 1 is 1.37 bits per heavy atom. The highest BCUT2D eigenvalue weighted by molar-refractivity contribution is 5.92. The van der Waals surface area contributed by atoms with E-state index in [4.69, 9.17) is 4.74 Å². The van der Waals surface area contributed by atoms with E-state index in [0.717, 1.165) is 31.0 Å². The van der Waals surface area contributed by atoms with Gasteiger partial charge in [0, 0.05) is 6.42 Å². The molecule has 0 spiro atoms. The van der Waals surface area contributed by atoms with Crippen LogP contribution in [0.1, 0.15) is 25.7 Å². The van der Waals surface area contributed by atoms with Gasteiger partial charge in [-0.1, -0.05) is 12.1 Å². The largest absolute Gasteiger partial charge is 0.491 e. The van der Waals surface area contributed by atoms with Crippen LogP contribution in [0.2, 0.25) is 0 Å². The Morgan fingerprint density at radius 3 is 2.89 bits per heavy atom. The fourth-order valence-corrected chi connectivity index (χ4v) is 1.83. The van der Waals surface area contributed by atoms with E-state index in [1.165, 1.54) is 12.8 Å². The first-order valence-corrected chi connectivity index (χ1v) is 6.96. The second-order valence-corrected chi connectivity index (χ2v) is 5.01. The van der Waals surface area contributed by atoms with Crippen LogP contribution in [0, 0.1) is 5.92 Å². The highest BCUT2D eigenvalue weighted by Crippen LogP contribution is 2.31. The van der Waals surface area contributed by atoms with E-state index >= 15 is 0 Å². The topological polar surface area (TPSA) is 50.4 Å². The van der Waals surface area contributed by atoms with Crippen LogP contribution in [0.25, 0.3) is 0 Å². The molecule has 0 aromatic heterocycles. The van der Waals surface area contributed by atoms with Gasteiger partial charge >= 0.3 is 0 Å². The van der Waals surface area contributed by atoms with Gasteiger partial charge in [0.25, 0.3) is 0 Å². The normalized spacial score (nSPS) is 14.2. The summed E-state index contributed by atoms with van der Waals surface area (Å²) in [6.07, 6.45) is 3.89. The molecule has 0 heterocycles. The molecular weight excluding hydrogens is 240 g/mol. The monoisotopic (exact) mass is 262 g/mol. The van der Waals surface area contributed by atoms with Gasteiger partial charge in [0.05, 0.1) is 12.3 Å². The standard InChI is InChI=1S/C15H22N2O2/c1-16-10-4-7-15(18)17-13-5-2-3-6-14(13)19-11-12-8-9-12/h2-3,5-6,12,16H,4,7-11H2,1H3,(H,17,18). The van der Waals surface area contributed by atoms with Gasteiger partial charge in [0.2, 0.25) is 5.91 Å². The zero-order chi connectivity index (χ0) is 13.5. The van der Waals surface area contributed by atoms with Gasteiger partial charge in [0.15, 0.2) is 0 Å². The third-order valence-corrected chi connectivity index (χ3v) is 3.16. The number of amides is 1. The van der Waals surface area contributed by atoms with Crippen LogP contribution >= 0.6 is 0 Å². The summed E-state index contributed by atoms with van der Waals surface area (Å²) in [5.74, 6) is 1.52. The maximum Gasteiger partial charge on any atom is 0.224 e. The number of benzene rings is 1. The number of ether oxygens (including phenoxy) is 1. The molecule has 1 fully saturated rings. The predicted octanol–water partition coefficient (Wildman–Crippen LogP) is 2.41. The number of carbonyl (C=O) groups excluding carboxylic acids is 1. The van der Waals surface area contributed by atoms with Gasteiger partial charge in [-0.25, -0.2) is 0 Å². The summed E-state index contributed by atoms with van der Waals surface area (Å²) in [6, 6.07) is 7.63. The van der Waals surface area contributed by atoms with Crippen LogP contribution in [0.5, 0.6) is 5.75 Å². The molecule has 0 unspecified atom stereocenters. The van der Waals surface area contributed by atoms with Crippen LogP contribution in [0.15, 0.2) is 24.3 Å². The molecule has 1 aliphatic carbocycles. The number of hydrogen-bond acceptors (Lipinski definition) is 3. The molecule has 0 radical (unpaired) electrons. The lowest BCUT2D eigenvalue weighted by Gasteiger charge is -2.12. The van der Waals surface area contributed by atoms with E-state index in [9.17, 15) is 4.79 Å². The number of para-hydroxylation sites is 2. The van der Waals surface area contributed by atoms with Gasteiger partial charge in [-0.2, -0.15) is 0 Å². The van der Waals surface area contributed by atoms with Crippen molar-refractivity contribution in [1.82, 2.24) is 5.32 Å². The van der Waals surface area contributed by atoms with Crippen molar-refractivity contribution < 1.29 is 9.53 Å². The van der Waals surface area contributed by atoms with E-state index in [1.54, 1.807) is 0 Å². The van der Waals surface area contributed by atoms with Crippen LogP contribution < -0.4 is 15.4 Å². The van der Waals surface area contributed by atoms with Crippen molar-refractivity contribution in [3.05, 3.63) is 24.3 Å². The summed E-state index contributed by atoms with van der Waals surface area (Å²) >= 11 is 0. The molecule has 0 aliphatic heterocycles. The Hall–Kier alpha value is -1.55. The molecular formula is C15H22N2O2. The van der Waals surface area contributed by atoms with Crippen molar-refractivity contribution in [2.24, 2.45) is 5.92 Å². The third kappa shape index (κ3) is 4.91. The molecule has 19 heavy (non-hydrogen) atoms. The maximum absolute atomic E-state index is 11.8. The second-order valence-electron chi connectivity index (χ2n) is 5.01. The van der Waals surface area contributed by atoms with Crippen LogP contribution in [0.4, 0.5) is 5.69 Å². The predicted molar refractivity (Wildman–Crippen MR) is 76.5 cm³/mol. The van der Waals surface area contributed by atoms with Crippen molar-refractivity contribution in [3.8, 4) is 5.75 Å². The summed E-state index contributed by atoms with van der Waals surface area (Å²) in [4.78, 5) is 11.8. The number of rotatable bonds is 8. The Labute approximate surface area is 114 Å². The molecule has 1 aromatic carbocycles. The summed E-state index contributed by atoms with van der Waals surface area (Å²) in [6.45, 7) is 1.61. The van der Waals surface area contributed by atoms with Gasteiger partial charge in [-0.3, -0.25) is 4.79 Å². The molecule has 1 aromatic rings. The average molecular weight is 262 g/mol. The first kappa shape index (κ1) is 13.9. The van der Waals surface area contributed by atoms with Crippen molar-refractivity contribution >= 4 is 11.6 Å². The van der Waals surface area contributed by atoms with E-state index in [2.05, 4.69) is 10.6 Å². The lowest BCUT2D eigenvalue weighted by Crippen LogP contribution is -2.16. The molecule has 1 aliphatic rings. The minimum atomic E-state index is 0.0396. The molecule has 1 amide bonds. The number of anilines is 1. The summed E-state index contributed by atoms with van der Waals surface area (Å²) in [5, 5.41) is 5.96. The van der Waals surface area contributed by atoms with Crippen molar-refractivity contribution in [2.75, 3.05) is 25.5 Å². The third-order valence-electron chi connectivity index (χ3n) is 3.16. The minimum absolute atomic E-state index is 0.0396. The molecule has 2 N–H and O–H groups in total. The fourth-order valence-electron chi connectivity index (χ4n) is 1.83. The summed E-state index contributed by atoms with van der Waals surface area (Å²) in [7, 11) is 1.89. The quantitative estimate of drug-likeness (QED) is 0.707. The van der Waals surface area contributed by atoms with E-state index in [0.29, 0.717) is 12.3 Å². The lowest BCUT2D eigenvalue weighted by molar-refractivity contribution is -0.116. The van der Waals surface area contributed by atoms with Crippen molar-refractivity contribution in [1.29, 1.82) is 0 Å². The van der Waals surface area contributed by atoms with Crippen molar-refractivity contribution in [3.63, 3.8) is 0 Å². The zero-order valence-electron chi connectivity index (χ0n) is 11.4. The molecule has 4 heteroatoms. The Morgan fingerprint density at radius 2 is 2.16 bits per heavy atom. The summed E-state index contributed by atoms with van der Waals surface area (Å²) < 4.78 is 5.76. The Bertz CT molecular complexity index is 416. The minimum Gasteiger partial charge on any atom is -0.491 e. The van der Waals surface area contributed by atoms with Crippen LogP contribution in [-0.4, -0.2) is 26.1 Å². The van der Waals surface area contributed by atoms with Gasteiger partial charge in [-0.05, 0) is 50.9 Å². The van der Waals surface area contributed by atoms with Crippen LogP contribution in [-0.2, 0) is 4.79 Å². The number of hydrogen-bond donors (Lipinski definition) is 2. The SMILES string of the molecule is CNCCCC(=O)Nc1ccccc1OCC1CC1. The highest BCUT2D eigenvalue weighted by atomic mass is 16.5. The van der Waals surface area contributed by atoms with Crippen LogP contribution in [0.3, 0.4) is 0 Å². The average Bonchev–Trinajstić information content (AvgIpc) is 3.22. The smallest absolute Gasteiger partial charge is 0.224 e. The van der Waals surface area contributed by atoms with E-state index in [-0.39, 0.29) is 5.91 Å². The first-order valence-electron chi connectivity index (χ1n) is 6.96. The summed E-state index contributed by atoms with van der Waals surface area (Å²) in [5.41, 5.74) is 0.776.